The summed E-state index contributed by atoms with van der Waals surface area (Å²) in [6, 6.07) is 0. The smallest absolute Gasteiger partial charge is 0.230 e. The summed E-state index contributed by atoms with van der Waals surface area (Å²) < 4.78 is 11.0. The van der Waals surface area contributed by atoms with Crippen LogP contribution < -0.4 is 0 Å². The summed E-state index contributed by atoms with van der Waals surface area (Å²) in [7, 11) is 0. The van der Waals surface area contributed by atoms with E-state index in [9.17, 15) is 4.79 Å². The van der Waals surface area contributed by atoms with Gasteiger partial charge in [0.2, 0.25) is 11.8 Å². The maximum atomic E-state index is 13.0. The van der Waals surface area contributed by atoms with Gasteiger partial charge in [-0.1, -0.05) is 17.3 Å². The SMILES string of the molecule is CSC1(c2noc(C3CC=CCC3C(=O)N3CCOCC3)n2)CC1. The Morgan fingerprint density at radius 2 is 2.04 bits per heavy atom. The Morgan fingerprint density at radius 3 is 2.75 bits per heavy atom. The van der Waals surface area contributed by atoms with Crippen molar-refractivity contribution in [3.63, 3.8) is 0 Å². The molecule has 1 saturated carbocycles. The minimum Gasteiger partial charge on any atom is -0.378 e. The molecule has 0 aromatic carbocycles. The molecular formula is C17H23N3O3S. The third kappa shape index (κ3) is 2.88. The van der Waals surface area contributed by atoms with Crippen molar-refractivity contribution in [3.8, 4) is 0 Å². The maximum Gasteiger partial charge on any atom is 0.230 e. The van der Waals surface area contributed by atoms with E-state index in [1.54, 1.807) is 11.8 Å². The quantitative estimate of drug-likeness (QED) is 0.777. The third-order valence-corrected chi connectivity index (χ3v) is 6.71. The molecule has 0 radical (unpaired) electrons. The summed E-state index contributed by atoms with van der Waals surface area (Å²) >= 11 is 1.79. The van der Waals surface area contributed by atoms with Crippen LogP contribution >= 0.6 is 11.8 Å². The standard InChI is InChI=1S/C17H23N3O3S/c1-24-17(6-7-17)16-18-14(23-19-16)12-4-2-3-5-13(12)15(21)20-8-10-22-11-9-20/h2-3,12-13H,4-11H2,1H3. The van der Waals surface area contributed by atoms with Gasteiger partial charge in [-0.25, -0.2) is 0 Å². The molecule has 2 atom stereocenters. The average Bonchev–Trinajstić information content (AvgIpc) is 3.30. The summed E-state index contributed by atoms with van der Waals surface area (Å²) in [5.74, 6) is 1.51. The van der Waals surface area contributed by atoms with Crippen molar-refractivity contribution in [2.75, 3.05) is 32.6 Å². The molecule has 0 spiro atoms. The molecule has 0 bridgehead atoms. The fourth-order valence-corrected chi connectivity index (χ4v) is 4.36. The van der Waals surface area contributed by atoms with Gasteiger partial charge in [0.05, 0.1) is 29.8 Å². The highest BCUT2D eigenvalue weighted by molar-refractivity contribution is 7.99. The van der Waals surface area contributed by atoms with Gasteiger partial charge in [-0.05, 0) is 31.9 Å². The molecule has 3 aliphatic rings. The van der Waals surface area contributed by atoms with E-state index < -0.39 is 0 Å². The molecule has 2 fully saturated rings. The number of nitrogens with zero attached hydrogens (tertiary/aromatic N) is 3. The largest absolute Gasteiger partial charge is 0.378 e. The van der Waals surface area contributed by atoms with E-state index in [4.69, 9.17) is 9.26 Å². The predicted molar refractivity (Wildman–Crippen MR) is 90.7 cm³/mol. The molecule has 1 aromatic rings. The molecule has 2 unspecified atom stereocenters. The third-order valence-electron chi connectivity index (χ3n) is 5.33. The highest BCUT2D eigenvalue weighted by Gasteiger charge is 2.48. The van der Waals surface area contributed by atoms with Gasteiger partial charge < -0.3 is 14.2 Å². The number of carbonyl (C=O) groups excluding carboxylic acids is 1. The fraction of sp³-hybridized carbons (Fsp3) is 0.706. The second-order valence-corrected chi connectivity index (χ2v) is 7.94. The lowest BCUT2D eigenvalue weighted by atomic mass is 9.81. The molecule has 1 aliphatic heterocycles. The van der Waals surface area contributed by atoms with Gasteiger partial charge in [0.1, 0.15) is 0 Å². The molecule has 1 saturated heterocycles. The van der Waals surface area contributed by atoms with E-state index >= 15 is 0 Å². The van der Waals surface area contributed by atoms with Crippen molar-refractivity contribution < 1.29 is 14.1 Å². The lowest BCUT2D eigenvalue weighted by Gasteiger charge is -2.33. The van der Waals surface area contributed by atoms with Crippen LogP contribution in [0.3, 0.4) is 0 Å². The Balaban J connectivity index is 1.54. The summed E-state index contributed by atoms with van der Waals surface area (Å²) in [5, 5.41) is 4.23. The van der Waals surface area contributed by atoms with Gasteiger partial charge in [0.15, 0.2) is 5.82 Å². The number of aromatic nitrogens is 2. The van der Waals surface area contributed by atoms with E-state index in [1.807, 2.05) is 4.90 Å². The number of hydrogen-bond acceptors (Lipinski definition) is 6. The molecule has 6 nitrogen and oxygen atoms in total. The van der Waals surface area contributed by atoms with Crippen LogP contribution in [-0.4, -0.2) is 53.5 Å². The molecule has 2 aliphatic carbocycles. The first-order valence-electron chi connectivity index (χ1n) is 8.64. The molecule has 0 N–H and O–H groups in total. The Labute approximate surface area is 146 Å². The molecule has 2 heterocycles. The van der Waals surface area contributed by atoms with Crippen LogP contribution in [0.4, 0.5) is 0 Å². The van der Waals surface area contributed by atoms with Crippen LogP contribution in [0.2, 0.25) is 0 Å². The van der Waals surface area contributed by atoms with Gasteiger partial charge in [-0.3, -0.25) is 4.79 Å². The van der Waals surface area contributed by atoms with Crippen molar-refractivity contribution in [3.05, 3.63) is 23.9 Å². The molecule has 130 valence electrons. The van der Waals surface area contributed by atoms with Crippen molar-refractivity contribution in [2.45, 2.75) is 36.3 Å². The minimum atomic E-state index is -0.106. The Morgan fingerprint density at radius 1 is 1.29 bits per heavy atom. The number of ether oxygens (including phenoxy) is 1. The average molecular weight is 349 g/mol. The second kappa shape index (κ2) is 6.52. The Bertz CT molecular complexity index is 635. The Kier molecular flexibility index (Phi) is 4.39. The number of rotatable bonds is 4. The van der Waals surface area contributed by atoms with Gasteiger partial charge in [-0.15, -0.1) is 0 Å². The first-order chi connectivity index (χ1) is 11.7. The lowest BCUT2D eigenvalue weighted by Crippen LogP contribution is -2.45. The van der Waals surface area contributed by atoms with Crippen LogP contribution in [0.25, 0.3) is 0 Å². The van der Waals surface area contributed by atoms with Gasteiger partial charge in [-0.2, -0.15) is 16.7 Å². The normalized spacial score (nSPS) is 28.8. The predicted octanol–water partition coefficient (Wildman–Crippen LogP) is 2.33. The molecule has 24 heavy (non-hydrogen) atoms. The van der Waals surface area contributed by atoms with Crippen molar-refractivity contribution in [1.82, 2.24) is 15.0 Å². The second-order valence-electron chi connectivity index (χ2n) is 6.75. The van der Waals surface area contributed by atoms with E-state index in [1.165, 1.54) is 0 Å². The number of hydrogen-bond donors (Lipinski definition) is 0. The van der Waals surface area contributed by atoms with E-state index in [-0.39, 0.29) is 22.5 Å². The summed E-state index contributed by atoms with van der Waals surface area (Å²) in [6.45, 7) is 2.60. The summed E-state index contributed by atoms with van der Waals surface area (Å²) in [6.07, 6.45) is 10.1. The van der Waals surface area contributed by atoms with Crippen LogP contribution in [0.5, 0.6) is 0 Å². The van der Waals surface area contributed by atoms with Crippen molar-refractivity contribution in [2.24, 2.45) is 5.92 Å². The van der Waals surface area contributed by atoms with Crippen molar-refractivity contribution >= 4 is 17.7 Å². The van der Waals surface area contributed by atoms with Crippen LogP contribution in [0.15, 0.2) is 16.7 Å². The zero-order chi connectivity index (χ0) is 16.6. The topological polar surface area (TPSA) is 68.5 Å². The molecule has 1 amide bonds. The van der Waals surface area contributed by atoms with Gasteiger partial charge in [0, 0.05) is 13.1 Å². The first kappa shape index (κ1) is 16.1. The molecule has 7 heteroatoms. The lowest BCUT2D eigenvalue weighted by molar-refractivity contribution is -0.140. The number of amides is 1. The van der Waals surface area contributed by atoms with E-state index in [0.29, 0.717) is 32.2 Å². The molecule has 1 aromatic heterocycles. The maximum absolute atomic E-state index is 13.0. The highest BCUT2D eigenvalue weighted by atomic mass is 32.2. The fourth-order valence-electron chi connectivity index (χ4n) is 3.58. The van der Waals surface area contributed by atoms with E-state index in [2.05, 4.69) is 28.5 Å². The van der Waals surface area contributed by atoms with Gasteiger partial charge >= 0.3 is 0 Å². The highest BCUT2D eigenvalue weighted by Crippen LogP contribution is 2.55. The zero-order valence-electron chi connectivity index (χ0n) is 13.9. The summed E-state index contributed by atoms with van der Waals surface area (Å²) in [4.78, 5) is 19.6. The number of allylic oxidation sites excluding steroid dienone is 2. The van der Waals surface area contributed by atoms with E-state index in [0.717, 1.165) is 31.5 Å². The van der Waals surface area contributed by atoms with Crippen molar-refractivity contribution in [1.29, 1.82) is 0 Å². The first-order valence-corrected chi connectivity index (χ1v) is 9.87. The number of morpholine rings is 1. The molecular weight excluding hydrogens is 326 g/mol. The Hall–Kier alpha value is -1.34. The number of carbonyl (C=O) groups is 1. The minimum absolute atomic E-state index is 0.00995. The van der Waals surface area contributed by atoms with Crippen LogP contribution in [0.1, 0.15) is 43.3 Å². The molecule has 4 rings (SSSR count). The van der Waals surface area contributed by atoms with Gasteiger partial charge in [0.25, 0.3) is 0 Å². The zero-order valence-corrected chi connectivity index (χ0v) is 14.8. The number of thioether (sulfide) groups is 1. The van der Waals surface area contributed by atoms with Crippen LogP contribution in [-0.2, 0) is 14.3 Å². The van der Waals surface area contributed by atoms with Crippen LogP contribution in [0, 0.1) is 5.92 Å². The summed E-state index contributed by atoms with van der Waals surface area (Å²) in [5.41, 5.74) is 0. The monoisotopic (exact) mass is 349 g/mol.